The molecule has 6 heteroatoms. The number of hydrogen-bond donors (Lipinski definition) is 0. The Morgan fingerprint density at radius 2 is 1.66 bits per heavy atom. The van der Waals surface area contributed by atoms with E-state index in [1.165, 1.54) is 4.90 Å². The average molecular weight is 441 g/mol. The van der Waals surface area contributed by atoms with Gasteiger partial charge in [-0.3, -0.25) is 14.5 Å². The molecule has 32 heavy (non-hydrogen) atoms. The molecule has 0 bridgehead atoms. The van der Waals surface area contributed by atoms with Gasteiger partial charge in [0.15, 0.2) is 0 Å². The summed E-state index contributed by atoms with van der Waals surface area (Å²) in [6, 6.07) is 26.5. The number of rotatable bonds is 7. The molecular formula is C26H20N2O3S. The van der Waals surface area contributed by atoms with E-state index in [9.17, 15) is 14.9 Å². The standard InChI is InChI=1S/C26H20N2O3S/c27-17-21-11-4-5-12-22(21)18-31-23-13-7-6-10-20(23)16-24-25(29)28(26(30)32-24)15-14-19-8-2-1-3-9-19/h1-13,16H,14-15,18H2/b24-16-. The third-order valence-electron chi connectivity index (χ3n) is 5.07. The van der Waals surface area contributed by atoms with Gasteiger partial charge in [0.2, 0.25) is 0 Å². The number of amides is 2. The lowest BCUT2D eigenvalue weighted by molar-refractivity contribution is -0.122. The maximum absolute atomic E-state index is 12.9. The van der Waals surface area contributed by atoms with Crippen molar-refractivity contribution in [1.82, 2.24) is 4.90 Å². The first-order valence-corrected chi connectivity index (χ1v) is 11.0. The van der Waals surface area contributed by atoms with Crippen molar-refractivity contribution < 1.29 is 14.3 Å². The first-order chi connectivity index (χ1) is 15.7. The van der Waals surface area contributed by atoms with Crippen LogP contribution in [0.1, 0.15) is 22.3 Å². The van der Waals surface area contributed by atoms with Crippen LogP contribution in [0.4, 0.5) is 4.79 Å². The lowest BCUT2D eigenvalue weighted by atomic mass is 10.1. The quantitative estimate of drug-likeness (QED) is 0.459. The Kier molecular flexibility index (Phi) is 6.69. The minimum atomic E-state index is -0.291. The first kappa shape index (κ1) is 21.4. The fourth-order valence-electron chi connectivity index (χ4n) is 3.36. The third-order valence-corrected chi connectivity index (χ3v) is 5.97. The number of imide groups is 1. The van der Waals surface area contributed by atoms with Gasteiger partial charge in [-0.1, -0.05) is 66.7 Å². The predicted octanol–water partition coefficient (Wildman–Crippen LogP) is 5.42. The smallest absolute Gasteiger partial charge is 0.293 e. The van der Waals surface area contributed by atoms with E-state index in [-0.39, 0.29) is 17.8 Å². The lowest BCUT2D eigenvalue weighted by Gasteiger charge is -2.12. The molecule has 5 nitrogen and oxygen atoms in total. The van der Waals surface area contributed by atoms with E-state index in [1.807, 2.05) is 66.7 Å². The van der Waals surface area contributed by atoms with Gasteiger partial charge in [0, 0.05) is 17.7 Å². The Bertz CT molecular complexity index is 1210. The molecule has 3 aromatic rings. The van der Waals surface area contributed by atoms with E-state index in [2.05, 4.69) is 6.07 Å². The van der Waals surface area contributed by atoms with Gasteiger partial charge < -0.3 is 4.74 Å². The molecular weight excluding hydrogens is 420 g/mol. The van der Waals surface area contributed by atoms with Crippen molar-refractivity contribution in [2.75, 3.05) is 6.54 Å². The van der Waals surface area contributed by atoms with Crippen LogP contribution in [0.2, 0.25) is 0 Å². The Hall–Kier alpha value is -3.82. The van der Waals surface area contributed by atoms with Crippen LogP contribution < -0.4 is 4.74 Å². The Labute approximate surface area is 190 Å². The maximum Gasteiger partial charge on any atom is 0.293 e. The molecule has 0 saturated carbocycles. The number of para-hydroxylation sites is 1. The molecule has 1 fully saturated rings. The summed E-state index contributed by atoms with van der Waals surface area (Å²) in [6.07, 6.45) is 2.31. The fourth-order valence-corrected chi connectivity index (χ4v) is 4.22. The van der Waals surface area contributed by atoms with Crippen LogP contribution in [0.3, 0.4) is 0 Å². The molecule has 158 valence electrons. The van der Waals surface area contributed by atoms with Crippen molar-refractivity contribution in [1.29, 1.82) is 5.26 Å². The summed E-state index contributed by atoms with van der Waals surface area (Å²) < 4.78 is 5.96. The zero-order chi connectivity index (χ0) is 22.3. The minimum Gasteiger partial charge on any atom is -0.488 e. The van der Waals surface area contributed by atoms with Gasteiger partial charge in [0.25, 0.3) is 11.1 Å². The minimum absolute atomic E-state index is 0.229. The summed E-state index contributed by atoms with van der Waals surface area (Å²) >= 11 is 0.941. The van der Waals surface area contributed by atoms with Crippen LogP contribution >= 0.6 is 11.8 Å². The van der Waals surface area contributed by atoms with Crippen LogP contribution in [0.5, 0.6) is 5.75 Å². The Balaban J connectivity index is 1.48. The van der Waals surface area contributed by atoms with E-state index >= 15 is 0 Å². The van der Waals surface area contributed by atoms with Crippen LogP contribution in [0, 0.1) is 11.3 Å². The molecule has 1 heterocycles. The van der Waals surface area contributed by atoms with Gasteiger partial charge in [-0.25, -0.2) is 0 Å². The summed E-state index contributed by atoms with van der Waals surface area (Å²) in [5.41, 5.74) is 3.12. The number of carbonyl (C=O) groups is 2. The van der Waals surface area contributed by atoms with E-state index in [0.29, 0.717) is 34.7 Å². The molecule has 0 N–H and O–H groups in total. The molecule has 1 aliphatic rings. The fraction of sp³-hybridized carbons (Fsp3) is 0.115. The van der Waals surface area contributed by atoms with E-state index in [1.54, 1.807) is 18.2 Å². The highest BCUT2D eigenvalue weighted by Crippen LogP contribution is 2.34. The van der Waals surface area contributed by atoms with Gasteiger partial charge in [0.1, 0.15) is 12.4 Å². The van der Waals surface area contributed by atoms with Crippen molar-refractivity contribution in [2.24, 2.45) is 0 Å². The number of benzene rings is 3. The first-order valence-electron chi connectivity index (χ1n) is 10.1. The van der Waals surface area contributed by atoms with Crippen molar-refractivity contribution >= 4 is 29.0 Å². The third kappa shape index (κ3) is 4.90. The Morgan fingerprint density at radius 1 is 0.938 bits per heavy atom. The monoisotopic (exact) mass is 440 g/mol. The summed E-state index contributed by atoms with van der Waals surface area (Å²) in [6.45, 7) is 0.572. The topological polar surface area (TPSA) is 70.4 Å². The highest BCUT2D eigenvalue weighted by atomic mass is 32.2. The van der Waals surface area contributed by atoms with Crippen LogP contribution in [-0.2, 0) is 17.8 Å². The molecule has 1 saturated heterocycles. The number of nitriles is 1. The molecule has 0 aliphatic carbocycles. The van der Waals surface area contributed by atoms with Crippen molar-refractivity contribution in [3.05, 3.63) is 106 Å². The molecule has 0 unspecified atom stereocenters. The molecule has 0 aromatic heterocycles. The van der Waals surface area contributed by atoms with Crippen LogP contribution in [0.25, 0.3) is 6.08 Å². The molecule has 2 amide bonds. The summed E-state index contributed by atoms with van der Waals surface area (Å²) in [5, 5.41) is 9.00. The zero-order valence-corrected chi connectivity index (χ0v) is 18.0. The highest BCUT2D eigenvalue weighted by Gasteiger charge is 2.34. The number of ether oxygens (including phenoxy) is 1. The number of thioether (sulfide) groups is 1. The second-order valence-corrected chi connectivity index (χ2v) is 8.16. The van der Waals surface area contributed by atoms with E-state index < -0.39 is 0 Å². The highest BCUT2D eigenvalue weighted by molar-refractivity contribution is 8.18. The van der Waals surface area contributed by atoms with Gasteiger partial charge in [0.05, 0.1) is 16.5 Å². The van der Waals surface area contributed by atoms with E-state index in [4.69, 9.17) is 4.74 Å². The van der Waals surface area contributed by atoms with Crippen molar-refractivity contribution in [2.45, 2.75) is 13.0 Å². The van der Waals surface area contributed by atoms with Gasteiger partial charge >= 0.3 is 0 Å². The van der Waals surface area contributed by atoms with Crippen molar-refractivity contribution in [3.8, 4) is 11.8 Å². The number of nitrogens with zero attached hydrogens (tertiary/aromatic N) is 2. The van der Waals surface area contributed by atoms with E-state index in [0.717, 1.165) is 22.9 Å². The summed E-state index contributed by atoms with van der Waals surface area (Å²) in [7, 11) is 0. The Morgan fingerprint density at radius 3 is 2.47 bits per heavy atom. The zero-order valence-electron chi connectivity index (χ0n) is 17.2. The van der Waals surface area contributed by atoms with Crippen LogP contribution in [-0.4, -0.2) is 22.6 Å². The molecule has 4 rings (SSSR count). The predicted molar refractivity (Wildman–Crippen MR) is 125 cm³/mol. The molecule has 0 radical (unpaired) electrons. The second kappa shape index (κ2) is 9.99. The molecule has 1 aliphatic heterocycles. The number of carbonyl (C=O) groups excluding carboxylic acids is 2. The SMILES string of the molecule is N#Cc1ccccc1COc1ccccc1/C=C1\SC(=O)N(CCc2ccccc2)C1=O. The summed E-state index contributed by atoms with van der Waals surface area (Å²) in [4.78, 5) is 27.0. The van der Waals surface area contributed by atoms with Gasteiger partial charge in [-0.05, 0) is 42.0 Å². The largest absolute Gasteiger partial charge is 0.488 e. The average Bonchev–Trinajstić information content (AvgIpc) is 3.10. The lowest BCUT2D eigenvalue weighted by Crippen LogP contribution is -2.30. The maximum atomic E-state index is 12.9. The van der Waals surface area contributed by atoms with Crippen LogP contribution in [0.15, 0.2) is 83.8 Å². The second-order valence-electron chi connectivity index (χ2n) is 7.16. The molecule has 0 atom stereocenters. The van der Waals surface area contributed by atoms with Gasteiger partial charge in [-0.2, -0.15) is 5.26 Å². The van der Waals surface area contributed by atoms with Gasteiger partial charge in [-0.15, -0.1) is 0 Å². The molecule has 0 spiro atoms. The summed E-state index contributed by atoms with van der Waals surface area (Å²) in [5.74, 6) is 0.289. The molecule has 3 aromatic carbocycles. The normalized spacial score (nSPS) is 14.6. The van der Waals surface area contributed by atoms with Crippen molar-refractivity contribution in [3.63, 3.8) is 0 Å². The number of hydrogen-bond acceptors (Lipinski definition) is 5.